The number of aromatic amines is 2. The van der Waals surface area contributed by atoms with E-state index in [0.717, 1.165) is 0 Å². The molecule has 100 valence electrons. The van der Waals surface area contributed by atoms with Crippen molar-refractivity contribution in [2.75, 3.05) is 18.4 Å². The molecule has 2 aromatic rings. The highest BCUT2D eigenvalue weighted by molar-refractivity contribution is 5.94. The molecule has 7 nitrogen and oxygen atoms in total. The third kappa shape index (κ3) is 3.08. The van der Waals surface area contributed by atoms with Crippen LogP contribution in [0.3, 0.4) is 0 Å². The van der Waals surface area contributed by atoms with E-state index in [1.165, 1.54) is 0 Å². The molecule has 1 aromatic heterocycles. The van der Waals surface area contributed by atoms with Crippen molar-refractivity contribution in [2.45, 2.75) is 6.92 Å². The Morgan fingerprint density at radius 3 is 2.53 bits per heavy atom. The minimum atomic E-state index is -0.719. The SMILES string of the molecule is CCNCC(=O)Nc1ccc2[nH]c(=O)c(=O)[nH]c2c1. The summed E-state index contributed by atoms with van der Waals surface area (Å²) in [6.45, 7) is 2.83. The van der Waals surface area contributed by atoms with E-state index in [9.17, 15) is 14.4 Å². The lowest BCUT2D eigenvalue weighted by Gasteiger charge is -2.06. The molecule has 0 saturated heterocycles. The largest absolute Gasteiger partial charge is 0.325 e. The van der Waals surface area contributed by atoms with Gasteiger partial charge in [-0.2, -0.15) is 0 Å². The number of likely N-dealkylation sites (N-methyl/N-ethyl adjacent to an activating group) is 1. The molecule has 2 rings (SSSR count). The van der Waals surface area contributed by atoms with Crippen molar-refractivity contribution in [2.24, 2.45) is 0 Å². The fourth-order valence-electron chi connectivity index (χ4n) is 1.64. The Kier molecular flexibility index (Phi) is 3.76. The first-order valence-corrected chi connectivity index (χ1v) is 5.87. The van der Waals surface area contributed by atoms with Crippen LogP contribution in [0.5, 0.6) is 0 Å². The monoisotopic (exact) mass is 262 g/mol. The Morgan fingerprint density at radius 2 is 1.84 bits per heavy atom. The van der Waals surface area contributed by atoms with Crippen LogP contribution in [0, 0.1) is 0 Å². The number of anilines is 1. The second-order valence-electron chi connectivity index (χ2n) is 4.00. The Labute approximate surface area is 108 Å². The van der Waals surface area contributed by atoms with Gasteiger partial charge < -0.3 is 20.6 Å². The van der Waals surface area contributed by atoms with Crippen LogP contribution in [0.4, 0.5) is 5.69 Å². The number of rotatable bonds is 4. The maximum atomic E-state index is 11.5. The van der Waals surface area contributed by atoms with Gasteiger partial charge in [0.05, 0.1) is 17.6 Å². The van der Waals surface area contributed by atoms with Crippen molar-refractivity contribution in [3.63, 3.8) is 0 Å². The quantitative estimate of drug-likeness (QED) is 0.571. The van der Waals surface area contributed by atoms with Crippen molar-refractivity contribution in [3.8, 4) is 0 Å². The number of H-pyrrole nitrogens is 2. The minimum Gasteiger partial charge on any atom is -0.325 e. The summed E-state index contributed by atoms with van der Waals surface area (Å²) >= 11 is 0. The summed E-state index contributed by atoms with van der Waals surface area (Å²) in [6.07, 6.45) is 0. The van der Waals surface area contributed by atoms with E-state index >= 15 is 0 Å². The average molecular weight is 262 g/mol. The zero-order valence-corrected chi connectivity index (χ0v) is 10.4. The number of nitrogens with one attached hydrogen (secondary N) is 4. The van der Waals surface area contributed by atoms with Gasteiger partial charge in [-0.15, -0.1) is 0 Å². The summed E-state index contributed by atoms with van der Waals surface area (Å²) in [4.78, 5) is 38.8. The smallest absolute Gasteiger partial charge is 0.314 e. The molecule has 0 aliphatic rings. The first kappa shape index (κ1) is 13.0. The van der Waals surface area contributed by atoms with Gasteiger partial charge in [0.25, 0.3) is 0 Å². The Morgan fingerprint density at radius 1 is 1.16 bits per heavy atom. The number of aromatic nitrogens is 2. The Balaban J connectivity index is 2.26. The highest BCUT2D eigenvalue weighted by Gasteiger charge is 2.04. The van der Waals surface area contributed by atoms with Crippen LogP contribution in [0.15, 0.2) is 27.8 Å². The molecule has 0 fully saturated rings. The van der Waals surface area contributed by atoms with Crippen LogP contribution in [0.1, 0.15) is 6.92 Å². The summed E-state index contributed by atoms with van der Waals surface area (Å²) in [5.74, 6) is -0.173. The van der Waals surface area contributed by atoms with E-state index in [-0.39, 0.29) is 12.5 Å². The first-order valence-electron chi connectivity index (χ1n) is 5.87. The molecule has 19 heavy (non-hydrogen) atoms. The number of fused-ring (bicyclic) bond motifs is 1. The predicted molar refractivity (Wildman–Crippen MR) is 72.4 cm³/mol. The van der Waals surface area contributed by atoms with Gasteiger partial charge in [-0.25, -0.2) is 0 Å². The number of benzene rings is 1. The molecule has 0 aliphatic carbocycles. The third-order valence-corrected chi connectivity index (χ3v) is 2.54. The fraction of sp³-hybridized carbons (Fsp3) is 0.250. The normalized spacial score (nSPS) is 10.6. The van der Waals surface area contributed by atoms with Crippen LogP contribution in [-0.4, -0.2) is 29.0 Å². The Bertz CT molecular complexity index is 717. The van der Waals surface area contributed by atoms with Crippen molar-refractivity contribution >= 4 is 22.6 Å². The molecule has 1 heterocycles. The Hall–Kier alpha value is -2.41. The fourth-order valence-corrected chi connectivity index (χ4v) is 1.64. The molecule has 7 heteroatoms. The molecule has 0 spiro atoms. The lowest BCUT2D eigenvalue weighted by Crippen LogP contribution is -2.29. The third-order valence-electron chi connectivity index (χ3n) is 2.54. The van der Waals surface area contributed by atoms with Gasteiger partial charge in [0.2, 0.25) is 5.91 Å². The molecule has 0 saturated carbocycles. The van der Waals surface area contributed by atoms with Gasteiger partial charge in [-0.05, 0) is 24.7 Å². The second kappa shape index (κ2) is 5.49. The highest BCUT2D eigenvalue weighted by Crippen LogP contribution is 2.13. The van der Waals surface area contributed by atoms with E-state index in [0.29, 0.717) is 23.3 Å². The average Bonchev–Trinajstić information content (AvgIpc) is 2.38. The molecule has 0 unspecified atom stereocenters. The number of amides is 1. The highest BCUT2D eigenvalue weighted by atomic mass is 16.2. The van der Waals surface area contributed by atoms with Crippen LogP contribution >= 0.6 is 0 Å². The van der Waals surface area contributed by atoms with Crippen molar-refractivity contribution in [3.05, 3.63) is 38.9 Å². The van der Waals surface area contributed by atoms with Crippen LogP contribution < -0.4 is 21.8 Å². The standard InChI is InChI=1S/C12H14N4O3/c1-2-13-6-10(17)14-7-3-4-8-9(5-7)16-12(19)11(18)15-8/h3-5,13H,2,6H2,1H3,(H,14,17)(H,15,18)(H,16,19). The molecular formula is C12H14N4O3. The van der Waals surface area contributed by atoms with Gasteiger partial charge in [-0.1, -0.05) is 6.92 Å². The van der Waals surface area contributed by atoms with Crippen LogP contribution in [-0.2, 0) is 4.79 Å². The summed E-state index contributed by atoms with van der Waals surface area (Å²) < 4.78 is 0. The van der Waals surface area contributed by atoms with Crippen molar-refractivity contribution in [1.82, 2.24) is 15.3 Å². The zero-order chi connectivity index (χ0) is 13.8. The maximum absolute atomic E-state index is 11.5. The van der Waals surface area contributed by atoms with Crippen LogP contribution in [0.2, 0.25) is 0 Å². The van der Waals surface area contributed by atoms with Gasteiger partial charge in [0.15, 0.2) is 0 Å². The number of carbonyl (C=O) groups excluding carboxylic acids is 1. The molecule has 0 bridgehead atoms. The summed E-state index contributed by atoms with van der Waals surface area (Å²) in [7, 11) is 0. The lowest BCUT2D eigenvalue weighted by molar-refractivity contribution is -0.115. The molecular weight excluding hydrogens is 248 g/mol. The first-order chi connectivity index (χ1) is 9.10. The predicted octanol–water partition coefficient (Wildman–Crippen LogP) is -0.236. The molecule has 0 radical (unpaired) electrons. The van der Waals surface area contributed by atoms with Gasteiger partial charge >= 0.3 is 11.1 Å². The number of hydrogen-bond donors (Lipinski definition) is 4. The molecule has 0 aliphatic heterocycles. The van der Waals surface area contributed by atoms with Crippen molar-refractivity contribution < 1.29 is 4.79 Å². The van der Waals surface area contributed by atoms with Crippen molar-refractivity contribution in [1.29, 1.82) is 0 Å². The zero-order valence-electron chi connectivity index (χ0n) is 10.4. The molecule has 1 amide bonds. The molecule has 1 aromatic carbocycles. The molecule has 4 N–H and O–H groups in total. The van der Waals surface area contributed by atoms with E-state index in [1.807, 2.05) is 6.92 Å². The van der Waals surface area contributed by atoms with Gasteiger partial charge in [0.1, 0.15) is 0 Å². The van der Waals surface area contributed by atoms with Gasteiger partial charge in [-0.3, -0.25) is 14.4 Å². The summed E-state index contributed by atoms with van der Waals surface area (Å²) in [6, 6.07) is 4.87. The topological polar surface area (TPSA) is 107 Å². The maximum Gasteiger partial charge on any atom is 0.314 e. The van der Waals surface area contributed by atoms with E-state index in [1.54, 1.807) is 18.2 Å². The second-order valence-corrected chi connectivity index (χ2v) is 4.00. The van der Waals surface area contributed by atoms with Crippen LogP contribution in [0.25, 0.3) is 11.0 Å². The van der Waals surface area contributed by atoms with Gasteiger partial charge in [0, 0.05) is 5.69 Å². The molecule has 0 atom stereocenters. The summed E-state index contributed by atoms with van der Waals surface area (Å²) in [5.41, 5.74) is 0.110. The lowest BCUT2D eigenvalue weighted by atomic mass is 10.2. The van der Waals surface area contributed by atoms with E-state index in [4.69, 9.17) is 0 Å². The van der Waals surface area contributed by atoms with E-state index < -0.39 is 11.1 Å². The number of hydrogen-bond acceptors (Lipinski definition) is 4. The summed E-state index contributed by atoms with van der Waals surface area (Å²) in [5, 5.41) is 5.59. The number of carbonyl (C=O) groups is 1. The minimum absolute atomic E-state index is 0.173. The van der Waals surface area contributed by atoms with E-state index in [2.05, 4.69) is 20.6 Å².